The molecule has 0 saturated heterocycles. The zero-order valence-corrected chi connectivity index (χ0v) is 5.82. The van der Waals surface area contributed by atoms with Gasteiger partial charge >= 0.3 is 0 Å². The van der Waals surface area contributed by atoms with E-state index >= 15 is 0 Å². The average molecular weight is 152 g/mol. The Bertz CT molecular complexity index is 283. The van der Waals surface area contributed by atoms with Crippen molar-refractivity contribution < 1.29 is 14.9 Å². The van der Waals surface area contributed by atoms with Crippen molar-refractivity contribution in [2.45, 2.75) is 6.10 Å². The standard InChI is InChI=1S/C8H8O3/c9-5-1-2-6-7(10)4-11-8(6)3-5/h1-3,7,9-10H,4H2/t7-/m0/s1. The number of phenols is 1. The molecule has 1 aromatic rings. The molecule has 0 fully saturated rings. The van der Waals surface area contributed by atoms with Gasteiger partial charge in [0.1, 0.15) is 24.2 Å². The van der Waals surface area contributed by atoms with Gasteiger partial charge in [0.05, 0.1) is 0 Å². The van der Waals surface area contributed by atoms with Crippen molar-refractivity contribution in [3.8, 4) is 11.5 Å². The number of phenolic OH excluding ortho intramolecular Hbond substituents is 1. The van der Waals surface area contributed by atoms with Crippen molar-refractivity contribution in [2.24, 2.45) is 0 Å². The predicted octanol–water partition coefficient (Wildman–Crippen LogP) is 0.818. The third-order valence-corrected chi connectivity index (χ3v) is 1.75. The number of benzene rings is 1. The summed E-state index contributed by atoms with van der Waals surface area (Å²) in [5.41, 5.74) is 0.753. The lowest BCUT2D eigenvalue weighted by Gasteiger charge is -1.98. The zero-order valence-electron chi connectivity index (χ0n) is 5.82. The van der Waals surface area contributed by atoms with Gasteiger partial charge in [-0.25, -0.2) is 0 Å². The number of aromatic hydroxyl groups is 1. The minimum Gasteiger partial charge on any atom is -0.508 e. The van der Waals surface area contributed by atoms with Gasteiger partial charge in [-0.1, -0.05) is 0 Å². The minimum absolute atomic E-state index is 0.165. The van der Waals surface area contributed by atoms with Gasteiger partial charge in [0.25, 0.3) is 0 Å². The summed E-state index contributed by atoms with van der Waals surface area (Å²) >= 11 is 0. The SMILES string of the molecule is Oc1ccc2c(c1)OC[C@@H]2O. The van der Waals surface area contributed by atoms with Crippen LogP contribution >= 0.6 is 0 Å². The second-order valence-electron chi connectivity index (χ2n) is 2.55. The molecule has 0 amide bonds. The molecule has 1 aromatic carbocycles. The Morgan fingerprint density at radius 3 is 3.09 bits per heavy atom. The lowest BCUT2D eigenvalue weighted by Crippen LogP contribution is -1.97. The quantitative estimate of drug-likeness (QED) is 0.578. The van der Waals surface area contributed by atoms with Gasteiger partial charge in [-0.3, -0.25) is 0 Å². The summed E-state index contributed by atoms with van der Waals surface area (Å²) in [5, 5.41) is 18.3. The van der Waals surface area contributed by atoms with Crippen LogP contribution in [0, 0.1) is 0 Å². The molecule has 0 unspecified atom stereocenters. The van der Waals surface area contributed by atoms with E-state index in [1.54, 1.807) is 6.07 Å². The van der Waals surface area contributed by atoms with Gasteiger partial charge in [0.2, 0.25) is 0 Å². The third-order valence-electron chi connectivity index (χ3n) is 1.75. The molecule has 0 aromatic heterocycles. The molecule has 11 heavy (non-hydrogen) atoms. The Morgan fingerprint density at radius 1 is 1.45 bits per heavy atom. The molecule has 2 rings (SSSR count). The van der Waals surface area contributed by atoms with Gasteiger partial charge in [0, 0.05) is 11.6 Å². The highest BCUT2D eigenvalue weighted by Crippen LogP contribution is 2.34. The molecule has 1 heterocycles. The van der Waals surface area contributed by atoms with E-state index in [4.69, 9.17) is 9.84 Å². The maximum Gasteiger partial charge on any atom is 0.129 e. The molecule has 0 bridgehead atoms. The average Bonchev–Trinajstić information content (AvgIpc) is 2.32. The van der Waals surface area contributed by atoms with Crippen molar-refractivity contribution in [3.05, 3.63) is 23.8 Å². The van der Waals surface area contributed by atoms with Crippen LogP contribution in [0.25, 0.3) is 0 Å². The van der Waals surface area contributed by atoms with E-state index in [2.05, 4.69) is 0 Å². The predicted molar refractivity (Wildman–Crippen MR) is 38.6 cm³/mol. The van der Waals surface area contributed by atoms with Crippen LogP contribution in [0.15, 0.2) is 18.2 Å². The highest BCUT2D eigenvalue weighted by Gasteiger charge is 2.21. The molecular weight excluding hydrogens is 144 g/mol. The Balaban J connectivity index is 2.50. The second-order valence-corrected chi connectivity index (χ2v) is 2.55. The lowest BCUT2D eigenvalue weighted by molar-refractivity contribution is 0.140. The number of aliphatic hydroxyl groups is 1. The normalized spacial score (nSPS) is 21.0. The first-order chi connectivity index (χ1) is 5.27. The van der Waals surface area contributed by atoms with Crippen LogP contribution in [-0.2, 0) is 0 Å². The molecule has 1 atom stereocenters. The minimum atomic E-state index is -0.536. The Labute approximate surface area is 63.9 Å². The number of hydrogen-bond donors (Lipinski definition) is 2. The smallest absolute Gasteiger partial charge is 0.129 e. The summed E-state index contributed by atoms with van der Waals surface area (Å²) in [6.07, 6.45) is -0.536. The van der Waals surface area contributed by atoms with Crippen LogP contribution in [0.2, 0.25) is 0 Å². The van der Waals surface area contributed by atoms with Crippen LogP contribution in [0.5, 0.6) is 11.5 Å². The van der Waals surface area contributed by atoms with E-state index in [0.29, 0.717) is 12.4 Å². The van der Waals surface area contributed by atoms with Gasteiger partial charge in [-0.2, -0.15) is 0 Å². The van der Waals surface area contributed by atoms with Crippen molar-refractivity contribution in [1.82, 2.24) is 0 Å². The number of rotatable bonds is 0. The molecule has 0 aliphatic carbocycles. The lowest BCUT2D eigenvalue weighted by atomic mass is 10.1. The first kappa shape index (κ1) is 6.49. The zero-order chi connectivity index (χ0) is 7.84. The van der Waals surface area contributed by atoms with E-state index in [-0.39, 0.29) is 5.75 Å². The summed E-state index contributed by atoms with van der Waals surface area (Å²) in [5.74, 6) is 0.746. The van der Waals surface area contributed by atoms with Gasteiger partial charge < -0.3 is 14.9 Å². The Morgan fingerprint density at radius 2 is 2.27 bits per heavy atom. The van der Waals surface area contributed by atoms with Crippen LogP contribution < -0.4 is 4.74 Å². The van der Waals surface area contributed by atoms with Crippen molar-refractivity contribution >= 4 is 0 Å². The molecule has 3 nitrogen and oxygen atoms in total. The summed E-state index contributed by atoms with van der Waals surface area (Å²) in [6.45, 7) is 0.290. The molecule has 2 N–H and O–H groups in total. The van der Waals surface area contributed by atoms with E-state index < -0.39 is 6.10 Å². The fourth-order valence-corrected chi connectivity index (χ4v) is 1.18. The van der Waals surface area contributed by atoms with E-state index in [0.717, 1.165) is 5.56 Å². The van der Waals surface area contributed by atoms with Gasteiger partial charge in [0.15, 0.2) is 0 Å². The van der Waals surface area contributed by atoms with Crippen molar-refractivity contribution in [2.75, 3.05) is 6.61 Å². The highest BCUT2D eigenvalue weighted by atomic mass is 16.5. The molecule has 0 saturated carbocycles. The summed E-state index contributed by atoms with van der Waals surface area (Å²) in [7, 11) is 0. The first-order valence-electron chi connectivity index (χ1n) is 3.41. The fraction of sp³-hybridized carbons (Fsp3) is 0.250. The van der Waals surface area contributed by atoms with Crippen LogP contribution in [0.3, 0.4) is 0 Å². The van der Waals surface area contributed by atoms with Crippen LogP contribution in [0.4, 0.5) is 0 Å². The third kappa shape index (κ3) is 0.935. The molecule has 1 aliphatic rings. The van der Waals surface area contributed by atoms with Crippen molar-refractivity contribution in [1.29, 1.82) is 0 Å². The second kappa shape index (κ2) is 2.13. The number of aliphatic hydroxyl groups excluding tert-OH is 1. The number of ether oxygens (including phenoxy) is 1. The molecule has 0 radical (unpaired) electrons. The highest BCUT2D eigenvalue weighted by molar-refractivity contribution is 5.43. The first-order valence-corrected chi connectivity index (χ1v) is 3.41. The van der Waals surface area contributed by atoms with E-state index in [1.807, 2.05) is 0 Å². The van der Waals surface area contributed by atoms with E-state index in [1.165, 1.54) is 12.1 Å². The van der Waals surface area contributed by atoms with Gasteiger partial charge in [-0.05, 0) is 12.1 Å². The van der Waals surface area contributed by atoms with Crippen LogP contribution in [-0.4, -0.2) is 16.8 Å². The van der Waals surface area contributed by atoms with Crippen LogP contribution in [0.1, 0.15) is 11.7 Å². The van der Waals surface area contributed by atoms with Crippen molar-refractivity contribution in [3.63, 3.8) is 0 Å². The molecule has 0 spiro atoms. The Kier molecular flexibility index (Phi) is 1.26. The summed E-state index contributed by atoms with van der Waals surface area (Å²) in [6, 6.07) is 4.71. The fourth-order valence-electron chi connectivity index (χ4n) is 1.18. The maximum absolute atomic E-state index is 9.27. The molecule has 3 heteroatoms. The summed E-state index contributed by atoms with van der Waals surface area (Å²) < 4.78 is 5.08. The molecule has 58 valence electrons. The van der Waals surface area contributed by atoms with E-state index in [9.17, 15) is 5.11 Å². The topological polar surface area (TPSA) is 49.7 Å². The maximum atomic E-state index is 9.27. The largest absolute Gasteiger partial charge is 0.508 e. The number of hydrogen-bond acceptors (Lipinski definition) is 3. The Hall–Kier alpha value is -1.22. The molecule has 1 aliphatic heterocycles. The summed E-state index contributed by atoms with van der Waals surface area (Å²) in [4.78, 5) is 0. The van der Waals surface area contributed by atoms with Gasteiger partial charge in [-0.15, -0.1) is 0 Å². The monoisotopic (exact) mass is 152 g/mol. The number of fused-ring (bicyclic) bond motifs is 1. The molecular formula is C8H8O3.